The smallest absolute Gasteiger partial charge is 0.190 e. The van der Waals surface area contributed by atoms with E-state index >= 15 is 0 Å². The topological polar surface area (TPSA) is 173 Å². The van der Waals surface area contributed by atoms with Crippen LogP contribution in [0.15, 0.2) is 24.4 Å². The number of benzene rings is 1. The minimum atomic E-state index is 0.131. The molecule has 18 heteroatoms. The Bertz CT molecular complexity index is 1570. The van der Waals surface area contributed by atoms with Crippen LogP contribution in [0.3, 0.4) is 0 Å². The highest BCUT2D eigenvalue weighted by Gasteiger charge is 2.19. The van der Waals surface area contributed by atoms with Crippen molar-refractivity contribution in [3.63, 3.8) is 0 Å². The zero-order valence-electron chi connectivity index (χ0n) is 36.0. The predicted octanol–water partition coefficient (Wildman–Crippen LogP) is 3.53. The number of anilines is 2. The van der Waals surface area contributed by atoms with E-state index in [1.54, 1.807) is 6.26 Å². The van der Waals surface area contributed by atoms with Crippen LogP contribution in [-0.2, 0) is 58.7 Å². The van der Waals surface area contributed by atoms with Crippen LogP contribution in [0.1, 0.15) is 26.2 Å². The van der Waals surface area contributed by atoms with Gasteiger partial charge in [0.2, 0.25) is 0 Å². The number of carbonyl (C=O) groups excluding carboxylic acids is 1. The first-order valence-corrected chi connectivity index (χ1v) is 22.7. The number of pyridine rings is 1. The number of ether oxygens (including phenoxy) is 10. The second-order valence-corrected chi connectivity index (χ2v) is 14.8. The molecular formula is C42H70N6O11S. The maximum Gasteiger partial charge on any atom is 0.190 e. The number of aryl methyl sites for hydroxylation is 1. The molecule has 60 heavy (non-hydrogen) atoms. The van der Waals surface area contributed by atoms with Gasteiger partial charge in [-0.15, -0.1) is 0 Å². The molecule has 1 saturated heterocycles. The van der Waals surface area contributed by atoms with Gasteiger partial charge in [0.15, 0.2) is 10.9 Å². The SMILES string of the molecule is CCCCn1cc2c(n1)c(N)nc1ccc(N3CCN(CCOCCOCCOCCOCCOCCOCCOCCOCCOCCOCCC(=O)SC)CC3)cc12. The summed E-state index contributed by atoms with van der Waals surface area (Å²) >= 11 is 1.22. The van der Waals surface area contributed by atoms with Gasteiger partial charge < -0.3 is 58.0 Å². The molecule has 1 aliphatic rings. The van der Waals surface area contributed by atoms with E-state index in [1.165, 1.54) is 17.4 Å². The Morgan fingerprint density at radius 3 is 1.57 bits per heavy atom. The minimum absolute atomic E-state index is 0.131. The van der Waals surface area contributed by atoms with Crippen molar-refractivity contribution in [3.8, 4) is 0 Å². The lowest BCUT2D eigenvalue weighted by atomic mass is 10.1. The molecule has 0 saturated carbocycles. The summed E-state index contributed by atoms with van der Waals surface area (Å²) in [6.45, 7) is 18.1. The number of aromatic nitrogens is 3. The number of hydrogen-bond donors (Lipinski definition) is 1. The van der Waals surface area contributed by atoms with E-state index < -0.39 is 0 Å². The third kappa shape index (κ3) is 20.4. The minimum Gasteiger partial charge on any atom is -0.382 e. The normalized spacial score (nSPS) is 13.7. The molecule has 1 aromatic carbocycles. The van der Waals surface area contributed by atoms with Gasteiger partial charge in [0.25, 0.3) is 0 Å². The van der Waals surface area contributed by atoms with Crippen LogP contribution in [0, 0.1) is 0 Å². The Hall–Kier alpha value is -2.72. The van der Waals surface area contributed by atoms with Gasteiger partial charge in [0, 0.05) is 68.3 Å². The molecule has 0 amide bonds. The van der Waals surface area contributed by atoms with Crippen LogP contribution in [0.2, 0.25) is 0 Å². The molecule has 2 aromatic heterocycles. The molecule has 0 aliphatic carbocycles. The number of rotatable bonds is 37. The molecule has 2 N–H and O–H groups in total. The summed E-state index contributed by atoms with van der Waals surface area (Å²) in [6.07, 6.45) is 6.52. The van der Waals surface area contributed by atoms with Crippen LogP contribution in [-0.4, -0.2) is 196 Å². The fourth-order valence-electron chi connectivity index (χ4n) is 6.22. The monoisotopic (exact) mass is 866 g/mol. The second kappa shape index (κ2) is 32.0. The first kappa shape index (κ1) is 49.9. The van der Waals surface area contributed by atoms with Crippen LogP contribution < -0.4 is 10.6 Å². The second-order valence-electron chi connectivity index (χ2n) is 14.0. The number of thioether (sulfide) groups is 1. The zero-order valence-corrected chi connectivity index (χ0v) is 36.8. The summed E-state index contributed by atoms with van der Waals surface area (Å²) in [5.41, 5.74) is 9.17. The summed E-state index contributed by atoms with van der Waals surface area (Å²) in [4.78, 5) is 20.7. The lowest BCUT2D eigenvalue weighted by molar-refractivity contribution is -0.112. The van der Waals surface area contributed by atoms with Gasteiger partial charge >= 0.3 is 0 Å². The molecule has 0 unspecified atom stereocenters. The van der Waals surface area contributed by atoms with Crippen LogP contribution in [0.25, 0.3) is 21.8 Å². The van der Waals surface area contributed by atoms with Gasteiger partial charge in [-0.05, 0) is 30.9 Å². The molecule has 0 radical (unpaired) electrons. The summed E-state index contributed by atoms with van der Waals surface area (Å²) in [6, 6.07) is 6.47. The van der Waals surface area contributed by atoms with Crippen molar-refractivity contribution in [1.29, 1.82) is 0 Å². The van der Waals surface area contributed by atoms with Crippen LogP contribution in [0.4, 0.5) is 11.5 Å². The molecule has 1 fully saturated rings. The highest BCUT2D eigenvalue weighted by Crippen LogP contribution is 2.30. The van der Waals surface area contributed by atoms with Gasteiger partial charge in [-0.1, -0.05) is 25.1 Å². The first-order chi connectivity index (χ1) is 29.6. The Morgan fingerprint density at radius 2 is 1.10 bits per heavy atom. The average Bonchev–Trinajstić information content (AvgIpc) is 3.71. The first-order valence-electron chi connectivity index (χ1n) is 21.5. The molecule has 1 aliphatic heterocycles. The number of nitrogens with two attached hydrogens (primary N) is 1. The van der Waals surface area contributed by atoms with E-state index in [-0.39, 0.29) is 5.12 Å². The third-order valence-corrected chi connectivity index (χ3v) is 10.2. The number of nitrogens with zero attached hydrogens (tertiary/aromatic N) is 5. The average molecular weight is 867 g/mol. The molecule has 340 valence electrons. The fraction of sp³-hybridized carbons (Fsp3) is 0.738. The Morgan fingerprint density at radius 1 is 0.633 bits per heavy atom. The van der Waals surface area contributed by atoms with Crippen molar-refractivity contribution in [2.24, 2.45) is 0 Å². The van der Waals surface area contributed by atoms with Crippen molar-refractivity contribution in [3.05, 3.63) is 24.4 Å². The van der Waals surface area contributed by atoms with Gasteiger partial charge in [-0.25, -0.2) is 4.98 Å². The van der Waals surface area contributed by atoms with Crippen molar-refractivity contribution < 1.29 is 52.2 Å². The number of piperazine rings is 1. The van der Waals surface area contributed by atoms with Crippen molar-refractivity contribution in [1.82, 2.24) is 19.7 Å². The molecule has 0 bridgehead atoms. The summed E-state index contributed by atoms with van der Waals surface area (Å²) in [7, 11) is 0. The lowest BCUT2D eigenvalue weighted by Crippen LogP contribution is -2.47. The van der Waals surface area contributed by atoms with Crippen LogP contribution >= 0.6 is 11.8 Å². The number of nitrogen functional groups attached to an aromatic ring is 1. The number of carbonyl (C=O) groups is 1. The molecular weight excluding hydrogens is 797 g/mol. The molecule has 0 spiro atoms. The predicted molar refractivity (Wildman–Crippen MR) is 234 cm³/mol. The van der Waals surface area contributed by atoms with E-state index in [0.717, 1.165) is 73.9 Å². The molecule has 4 rings (SSSR count). The maximum absolute atomic E-state index is 11.1. The van der Waals surface area contributed by atoms with E-state index in [9.17, 15) is 4.79 Å². The number of unbranched alkanes of at least 4 members (excludes halogenated alkanes) is 1. The maximum atomic E-state index is 11.1. The number of hydrogen-bond acceptors (Lipinski definition) is 17. The summed E-state index contributed by atoms with van der Waals surface area (Å²) in [5.74, 6) is 0.489. The summed E-state index contributed by atoms with van der Waals surface area (Å²) in [5, 5.41) is 7.02. The number of fused-ring (bicyclic) bond motifs is 3. The molecule has 3 aromatic rings. The largest absolute Gasteiger partial charge is 0.382 e. The quantitative estimate of drug-likeness (QED) is 0.0834. The van der Waals surface area contributed by atoms with E-state index in [2.05, 4.69) is 46.1 Å². The Labute approximate surface area is 360 Å². The van der Waals surface area contributed by atoms with Crippen molar-refractivity contribution in [2.45, 2.75) is 32.7 Å². The van der Waals surface area contributed by atoms with Gasteiger partial charge in [-0.3, -0.25) is 14.4 Å². The van der Waals surface area contributed by atoms with Gasteiger partial charge in [0.1, 0.15) is 5.52 Å². The molecule has 17 nitrogen and oxygen atoms in total. The summed E-state index contributed by atoms with van der Waals surface area (Å²) < 4.78 is 57.3. The standard InChI is InChI=1S/C42H70N6O11S/c1-3-4-8-48-35-38-37-34-36(5-6-39(37)44-42(43)41(38)45-48)47-11-9-46(10-12-47)13-15-51-17-19-53-21-23-55-25-27-57-29-31-59-33-32-58-30-28-56-26-24-54-22-20-52-18-16-50-14-7-40(49)60-2/h5-6,34-35H,3-4,7-33H2,1-2H3,(H2,43,44). The van der Waals surface area contributed by atoms with Crippen LogP contribution in [0.5, 0.6) is 0 Å². The Kier molecular flexibility index (Phi) is 26.7. The fourth-order valence-corrected chi connectivity index (χ4v) is 6.51. The lowest BCUT2D eigenvalue weighted by Gasteiger charge is -2.36. The highest BCUT2D eigenvalue weighted by atomic mass is 32.2. The molecule has 3 heterocycles. The van der Waals surface area contributed by atoms with E-state index in [1.807, 2.05) is 4.68 Å². The van der Waals surface area contributed by atoms with Gasteiger partial charge in [-0.2, -0.15) is 5.10 Å². The zero-order chi connectivity index (χ0) is 42.3. The third-order valence-electron chi connectivity index (χ3n) is 9.57. The van der Waals surface area contributed by atoms with Crippen molar-refractivity contribution in [2.75, 3.05) is 182 Å². The van der Waals surface area contributed by atoms with E-state index in [4.69, 9.17) is 58.2 Å². The molecule has 0 atom stereocenters. The Balaban J connectivity index is 0.847. The van der Waals surface area contributed by atoms with E-state index in [0.29, 0.717) is 144 Å². The van der Waals surface area contributed by atoms with Crippen molar-refractivity contribution >= 4 is 50.2 Å². The van der Waals surface area contributed by atoms with Gasteiger partial charge in [0.05, 0.1) is 138 Å². The highest BCUT2D eigenvalue weighted by molar-refractivity contribution is 8.13.